The molecule has 2 aromatic carbocycles. The van der Waals surface area contributed by atoms with Gasteiger partial charge in [0.15, 0.2) is 0 Å². The highest BCUT2D eigenvalue weighted by Gasteiger charge is 2.40. The summed E-state index contributed by atoms with van der Waals surface area (Å²) in [6, 6.07) is 16.4. The van der Waals surface area contributed by atoms with Crippen molar-refractivity contribution in [2.75, 3.05) is 13.7 Å². The molecule has 0 spiro atoms. The predicted molar refractivity (Wildman–Crippen MR) is 92.9 cm³/mol. The molecule has 4 heteroatoms. The van der Waals surface area contributed by atoms with Gasteiger partial charge in [-0.05, 0) is 47.9 Å². The Labute approximate surface area is 142 Å². The highest BCUT2D eigenvalue weighted by molar-refractivity contribution is 5.70. The summed E-state index contributed by atoms with van der Waals surface area (Å²) in [6.07, 6.45) is 2.60. The van der Waals surface area contributed by atoms with Crippen LogP contribution in [0.25, 0.3) is 0 Å². The molecule has 0 fully saturated rings. The standard InChI is InChI=1S/C20H23NO3/c1-24-19(23)21-20(13-6-14-22)17-9-4-2-7-15(17)11-12-16-8-3-5-10-18(16)20/h2-5,7-10,22H,6,11-14H2,1H3,(H,21,23). The van der Waals surface area contributed by atoms with E-state index in [1.807, 2.05) is 24.3 Å². The Morgan fingerprint density at radius 2 is 1.62 bits per heavy atom. The molecule has 0 heterocycles. The summed E-state index contributed by atoms with van der Waals surface area (Å²) < 4.78 is 4.92. The zero-order valence-corrected chi connectivity index (χ0v) is 13.9. The molecule has 0 aromatic heterocycles. The van der Waals surface area contributed by atoms with E-state index in [1.54, 1.807) is 0 Å². The van der Waals surface area contributed by atoms with E-state index in [0.717, 1.165) is 24.0 Å². The van der Waals surface area contributed by atoms with Crippen LogP contribution in [0.1, 0.15) is 35.1 Å². The number of methoxy groups -OCH3 is 1. The molecule has 0 aliphatic heterocycles. The molecule has 0 atom stereocenters. The predicted octanol–water partition coefficient (Wildman–Crippen LogP) is 3.16. The molecule has 4 nitrogen and oxygen atoms in total. The Kier molecular flexibility index (Phi) is 4.86. The van der Waals surface area contributed by atoms with Crippen molar-refractivity contribution < 1.29 is 14.6 Å². The van der Waals surface area contributed by atoms with Gasteiger partial charge in [0.05, 0.1) is 12.6 Å². The first kappa shape index (κ1) is 16.5. The van der Waals surface area contributed by atoms with Gasteiger partial charge in [-0.2, -0.15) is 0 Å². The molecular formula is C20H23NO3. The minimum atomic E-state index is -0.681. The van der Waals surface area contributed by atoms with Gasteiger partial charge in [-0.1, -0.05) is 48.5 Å². The first-order valence-electron chi connectivity index (χ1n) is 8.35. The van der Waals surface area contributed by atoms with Crippen molar-refractivity contribution in [1.29, 1.82) is 0 Å². The van der Waals surface area contributed by atoms with Crippen molar-refractivity contribution in [1.82, 2.24) is 5.32 Å². The van der Waals surface area contributed by atoms with Crippen LogP contribution in [0.15, 0.2) is 48.5 Å². The van der Waals surface area contributed by atoms with E-state index in [0.29, 0.717) is 12.8 Å². The van der Waals surface area contributed by atoms with Crippen LogP contribution >= 0.6 is 0 Å². The first-order chi connectivity index (χ1) is 11.7. The Morgan fingerprint density at radius 3 is 2.12 bits per heavy atom. The maximum absolute atomic E-state index is 12.2. The number of fused-ring (bicyclic) bond motifs is 2. The Bertz CT molecular complexity index is 679. The summed E-state index contributed by atoms with van der Waals surface area (Å²) in [5, 5.41) is 12.5. The molecule has 0 bridgehead atoms. The van der Waals surface area contributed by atoms with Crippen LogP contribution in [0.3, 0.4) is 0 Å². The third-order valence-electron chi connectivity index (χ3n) is 4.83. The van der Waals surface area contributed by atoms with Gasteiger partial charge >= 0.3 is 6.09 Å². The lowest BCUT2D eigenvalue weighted by Crippen LogP contribution is -2.47. The molecule has 0 saturated carbocycles. The lowest BCUT2D eigenvalue weighted by molar-refractivity contribution is 0.156. The van der Waals surface area contributed by atoms with E-state index < -0.39 is 11.6 Å². The molecule has 1 amide bonds. The van der Waals surface area contributed by atoms with Crippen molar-refractivity contribution in [2.45, 2.75) is 31.2 Å². The van der Waals surface area contributed by atoms with Crippen LogP contribution in [0.5, 0.6) is 0 Å². The number of ether oxygens (including phenoxy) is 1. The summed E-state index contributed by atoms with van der Waals surface area (Å²) >= 11 is 0. The molecule has 24 heavy (non-hydrogen) atoms. The van der Waals surface area contributed by atoms with Crippen molar-refractivity contribution in [2.24, 2.45) is 0 Å². The number of aryl methyl sites for hydroxylation is 2. The fourth-order valence-electron chi connectivity index (χ4n) is 3.76. The molecule has 0 saturated heterocycles. The van der Waals surface area contributed by atoms with Gasteiger partial charge < -0.3 is 15.2 Å². The second-order valence-corrected chi connectivity index (χ2v) is 6.16. The molecule has 1 aliphatic carbocycles. The number of amides is 1. The second-order valence-electron chi connectivity index (χ2n) is 6.16. The molecule has 2 aromatic rings. The molecular weight excluding hydrogens is 302 g/mol. The number of aliphatic hydroxyl groups excluding tert-OH is 1. The number of aliphatic hydroxyl groups is 1. The summed E-state index contributed by atoms with van der Waals surface area (Å²) in [6.45, 7) is 0.0783. The van der Waals surface area contributed by atoms with Gasteiger partial charge in [0.2, 0.25) is 0 Å². The van der Waals surface area contributed by atoms with Crippen molar-refractivity contribution in [3.63, 3.8) is 0 Å². The van der Waals surface area contributed by atoms with Gasteiger partial charge in [-0.15, -0.1) is 0 Å². The van der Waals surface area contributed by atoms with E-state index in [-0.39, 0.29) is 6.61 Å². The first-order valence-corrected chi connectivity index (χ1v) is 8.35. The van der Waals surface area contributed by atoms with Crippen LogP contribution in [-0.4, -0.2) is 24.9 Å². The van der Waals surface area contributed by atoms with Gasteiger partial charge in [-0.25, -0.2) is 4.79 Å². The second kappa shape index (κ2) is 7.05. The Morgan fingerprint density at radius 1 is 1.08 bits per heavy atom. The van der Waals surface area contributed by atoms with E-state index in [9.17, 15) is 9.90 Å². The lowest BCUT2D eigenvalue weighted by Gasteiger charge is -2.37. The fourth-order valence-corrected chi connectivity index (χ4v) is 3.76. The number of alkyl carbamates (subject to hydrolysis) is 1. The maximum Gasteiger partial charge on any atom is 0.407 e. The Balaban J connectivity index is 2.24. The van der Waals surface area contributed by atoms with Crippen molar-refractivity contribution >= 4 is 6.09 Å². The summed E-state index contributed by atoms with van der Waals surface area (Å²) in [5.74, 6) is 0. The molecule has 0 unspecified atom stereocenters. The lowest BCUT2D eigenvalue weighted by atomic mass is 9.77. The smallest absolute Gasteiger partial charge is 0.407 e. The van der Waals surface area contributed by atoms with Crippen LogP contribution in [0, 0.1) is 0 Å². The number of carbonyl (C=O) groups excluding carboxylic acids is 1. The number of rotatable bonds is 4. The topological polar surface area (TPSA) is 58.6 Å². The van der Waals surface area contributed by atoms with E-state index >= 15 is 0 Å². The molecule has 1 aliphatic rings. The zero-order chi connectivity index (χ0) is 17.0. The van der Waals surface area contributed by atoms with E-state index in [4.69, 9.17) is 4.74 Å². The van der Waals surface area contributed by atoms with Crippen molar-refractivity contribution in [3.05, 3.63) is 70.8 Å². The van der Waals surface area contributed by atoms with Crippen LogP contribution in [0.2, 0.25) is 0 Å². The fraction of sp³-hybridized carbons (Fsp3) is 0.350. The van der Waals surface area contributed by atoms with E-state index in [1.165, 1.54) is 18.2 Å². The van der Waals surface area contributed by atoms with Gasteiger partial charge in [0.1, 0.15) is 0 Å². The summed E-state index contributed by atoms with van der Waals surface area (Å²) in [5.41, 5.74) is 3.95. The van der Waals surface area contributed by atoms with Gasteiger partial charge in [0.25, 0.3) is 0 Å². The van der Waals surface area contributed by atoms with Crippen LogP contribution in [0.4, 0.5) is 4.79 Å². The number of benzene rings is 2. The van der Waals surface area contributed by atoms with Gasteiger partial charge in [-0.3, -0.25) is 0 Å². The molecule has 2 N–H and O–H groups in total. The summed E-state index contributed by atoms with van der Waals surface area (Å²) in [4.78, 5) is 12.2. The highest BCUT2D eigenvalue weighted by atomic mass is 16.5. The SMILES string of the molecule is COC(=O)NC1(CCCO)c2ccccc2CCc2ccccc21. The molecule has 126 valence electrons. The third-order valence-corrected chi connectivity index (χ3v) is 4.83. The molecule has 3 rings (SSSR count). The van der Waals surface area contributed by atoms with Crippen LogP contribution in [-0.2, 0) is 23.1 Å². The normalized spacial score (nSPS) is 14.9. The number of hydrogen-bond acceptors (Lipinski definition) is 3. The average molecular weight is 325 g/mol. The van der Waals surface area contributed by atoms with Crippen molar-refractivity contribution in [3.8, 4) is 0 Å². The quantitative estimate of drug-likeness (QED) is 0.908. The maximum atomic E-state index is 12.2. The highest BCUT2D eigenvalue weighted by Crippen LogP contribution is 2.41. The summed E-state index contributed by atoms with van der Waals surface area (Å²) in [7, 11) is 1.38. The number of hydrogen-bond donors (Lipinski definition) is 2. The van der Waals surface area contributed by atoms with Gasteiger partial charge in [0, 0.05) is 6.61 Å². The average Bonchev–Trinajstić information content (AvgIpc) is 2.76. The van der Waals surface area contributed by atoms with Crippen LogP contribution < -0.4 is 5.32 Å². The zero-order valence-electron chi connectivity index (χ0n) is 13.9. The largest absolute Gasteiger partial charge is 0.453 e. The monoisotopic (exact) mass is 325 g/mol. The number of nitrogens with one attached hydrogen (secondary N) is 1. The third kappa shape index (κ3) is 2.89. The molecule has 0 radical (unpaired) electrons. The Hall–Kier alpha value is -2.33. The minimum Gasteiger partial charge on any atom is -0.453 e. The number of carbonyl (C=O) groups is 1. The van der Waals surface area contributed by atoms with E-state index in [2.05, 4.69) is 29.6 Å². The minimum absolute atomic E-state index is 0.0783.